The van der Waals surface area contributed by atoms with E-state index < -0.39 is 24.2 Å². The quantitative estimate of drug-likeness (QED) is 0.0479. The highest BCUT2D eigenvalue weighted by Gasteiger charge is 2.23. The molecule has 5 nitrogen and oxygen atoms in total. The lowest BCUT2D eigenvalue weighted by Crippen LogP contribution is -2.49. The number of carbonyl (C=O) groups excluding carboxylic acids is 1. The monoisotopic (exact) mass is 696 g/mol. The van der Waals surface area contributed by atoms with Gasteiger partial charge in [-0.1, -0.05) is 239 Å². The van der Waals surface area contributed by atoms with Crippen molar-refractivity contribution in [2.24, 2.45) is 0 Å². The van der Waals surface area contributed by atoms with E-state index in [1.165, 1.54) is 193 Å². The number of unbranched alkanes of at least 4 members (excludes halogenated alkanes) is 33. The first kappa shape index (κ1) is 48.3. The third-order valence-corrected chi connectivity index (χ3v) is 10.7. The Labute approximate surface area is 307 Å². The summed E-state index contributed by atoms with van der Waals surface area (Å²) in [5.41, 5.74) is 0. The molecule has 0 aromatic rings. The number of amides is 1. The summed E-state index contributed by atoms with van der Waals surface area (Å²) in [5, 5.41) is 33.3. The van der Waals surface area contributed by atoms with E-state index in [0.29, 0.717) is 12.8 Å². The Kier molecular flexibility index (Phi) is 39.6. The number of aliphatic hydroxyl groups is 3. The zero-order valence-electron chi connectivity index (χ0n) is 33.4. The van der Waals surface area contributed by atoms with Gasteiger partial charge in [-0.15, -0.1) is 0 Å². The van der Waals surface area contributed by atoms with Gasteiger partial charge in [0.2, 0.25) is 5.91 Å². The number of hydrogen-bond acceptors (Lipinski definition) is 4. The summed E-state index contributed by atoms with van der Waals surface area (Å²) in [6.07, 6.45) is 45.3. The van der Waals surface area contributed by atoms with Crippen LogP contribution in [0.4, 0.5) is 0 Å². The van der Waals surface area contributed by atoms with Gasteiger partial charge < -0.3 is 20.6 Å². The summed E-state index contributed by atoms with van der Waals surface area (Å²) < 4.78 is 0. The maximum Gasteiger partial charge on any atom is 0.249 e. The first-order valence-electron chi connectivity index (χ1n) is 22.3. The molecule has 4 N–H and O–H groups in total. The van der Waals surface area contributed by atoms with Crippen molar-refractivity contribution in [1.82, 2.24) is 5.32 Å². The van der Waals surface area contributed by atoms with Crippen LogP contribution in [0.1, 0.15) is 251 Å². The molecule has 49 heavy (non-hydrogen) atoms. The van der Waals surface area contributed by atoms with E-state index in [2.05, 4.69) is 19.2 Å². The Morgan fingerprint density at radius 2 is 0.653 bits per heavy atom. The minimum atomic E-state index is -1.07. The summed E-state index contributed by atoms with van der Waals surface area (Å²) in [6, 6.07) is -0.705. The van der Waals surface area contributed by atoms with Crippen molar-refractivity contribution in [2.45, 2.75) is 270 Å². The standard InChI is InChI=1S/C44H89NO4/c1-3-5-7-9-11-13-15-17-19-21-22-23-25-26-28-30-32-34-36-38-42(47)41(40-46)45-44(49)43(48)39-37-35-33-31-29-27-24-20-18-16-14-12-10-8-6-4-2/h41-43,46-48H,3-40H2,1-2H3,(H,45,49). The molecule has 0 aromatic carbocycles. The van der Waals surface area contributed by atoms with Crippen LogP contribution in [0.5, 0.6) is 0 Å². The smallest absolute Gasteiger partial charge is 0.249 e. The van der Waals surface area contributed by atoms with Gasteiger partial charge in [0.15, 0.2) is 0 Å². The fourth-order valence-electron chi connectivity index (χ4n) is 7.19. The molecule has 0 radical (unpaired) electrons. The van der Waals surface area contributed by atoms with Crippen molar-refractivity contribution >= 4 is 5.91 Å². The molecule has 0 aliphatic heterocycles. The number of nitrogens with one attached hydrogen (secondary N) is 1. The number of carbonyl (C=O) groups is 1. The molecule has 294 valence electrons. The number of rotatable bonds is 41. The maximum absolute atomic E-state index is 12.5. The highest BCUT2D eigenvalue weighted by molar-refractivity contribution is 5.80. The molecule has 0 aliphatic rings. The first-order valence-corrected chi connectivity index (χ1v) is 22.3. The molecule has 0 fully saturated rings. The summed E-state index contributed by atoms with van der Waals surface area (Å²) in [4.78, 5) is 12.5. The van der Waals surface area contributed by atoms with E-state index in [0.717, 1.165) is 32.1 Å². The summed E-state index contributed by atoms with van der Waals surface area (Å²) in [7, 11) is 0. The molecule has 0 saturated carbocycles. The fraction of sp³-hybridized carbons (Fsp3) is 0.977. The average Bonchev–Trinajstić information content (AvgIpc) is 3.11. The van der Waals surface area contributed by atoms with Gasteiger partial charge in [-0.3, -0.25) is 4.79 Å². The largest absolute Gasteiger partial charge is 0.394 e. The fourth-order valence-corrected chi connectivity index (χ4v) is 7.19. The van der Waals surface area contributed by atoms with Crippen LogP contribution in [0, 0.1) is 0 Å². The van der Waals surface area contributed by atoms with E-state index in [4.69, 9.17) is 0 Å². The van der Waals surface area contributed by atoms with Gasteiger partial charge >= 0.3 is 0 Å². The second-order valence-electron chi connectivity index (χ2n) is 15.6. The van der Waals surface area contributed by atoms with Gasteiger partial charge in [-0.05, 0) is 12.8 Å². The molecular weight excluding hydrogens is 606 g/mol. The second kappa shape index (κ2) is 40.1. The van der Waals surface area contributed by atoms with Crippen LogP contribution >= 0.6 is 0 Å². The SMILES string of the molecule is CCCCCCCCCCCCCCCCCCCCCC(O)C(CO)NC(=O)C(O)CCCCCCCCCCCCCCCCCC. The molecular formula is C44H89NO4. The summed E-state index contributed by atoms with van der Waals surface area (Å²) in [6.45, 7) is 4.25. The van der Waals surface area contributed by atoms with Gasteiger partial charge in [-0.2, -0.15) is 0 Å². The van der Waals surface area contributed by atoms with Gasteiger partial charge in [0.1, 0.15) is 6.10 Å². The van der Waals surface area contributed by atoms with Crippen molar-refractivity contribution in [3.05, 3.63) is 0 Å². The molecule has 3 atom stereocenters. The average molecular weight is 696 g/mol. The molecule has 0 aromatic heterocycles. The van der Waals surface area contributed by atoms with Crippen molar-refractivity contribution in [1.29, 1.82) is 0 Å². The Morgan fingerprint density at radius 3 is 0.918 bits per heavy atom. The van der Waals surface area contributed by atoms with E-state index >= 15 is 0 Å². The summed E-state index contributed by atoms with van der Waals surface area (Å²) in [5.74, 6) is -0.466. The van der Waals surface area contributed by atoms with Gasteiger partial charge in [0.25, 0.3) is 0 Å². The van der Waals surface area contributed by atoms with Crippen LogP contribution in [-0.2, 0) is 4.79 Å². The molecule has 1 amide bonds. The number of aliphatic hydroxyl groups excluding tert-OH is 3. The van der Waals surface area contributed by atoms with Crippen molar-refractivity contribution in [3.8, 4) is 0 Å². The lowest BCUT2D eigenvalue weighted by molar-refractivity contribution is -0.131. The predicted octanol–water partition coefficient (Wildman–Crippen LogP) is 12.7. The molecule has 0 saturated heterocycles. The minimum absolute atomic E-state index is 0.308. The molecule has 0 aliphatic carbocycles. The van der Waals surface area contributed by atoms with E-state index in [9.17, 15) is 20.1 Å². The van der Waals surface area contributed by atoms with Crippen LogP contribution in [0.15, 0.2) is 0 Å². The molecule has 0 spiro atoms. The second-order valence-corrected chi connectivity index (χ2v) is 15.6. The Balaban J connectivity index is 3.58. The topological polar surface area (TPSA) is 89.8 Å². The zero-order chi connectivity index (χ0) is 35.9. The van der Waals surface area contributed by atoms with Crippen LogP contribution in [0.2, 0.25) is 0 Å². The Hall–Kier alpha value is -0.650. The molecule has 3 unspecified atom stereocenters. The van der Waals surface area contributed by atoms with Gasteiger partial charge in [-0.25, -0.2) is 0 Å². The molecule has 0 rings (SSSR count). The molecule has 0 heterocycles. The Morgan fingerprint density at radius 1 is 0.408 bits per heavy atom. The lowest BCUT2D eigenvalue weighted by atomic mass is 10.0. The maximum atomic E-state index is 12.5. The van der Waals surface area contributed by atoms with Crippen molar-refractivity contribution in [3.63, 3.8) is 0 Å². The summed E-state index contributed by atoms with van der Waals surface area (Å²) >= 11 is 0. The molecule has 0 bridgehead atoms. The van der Waals surface area contributed by atoms with Crippen molar-refractivity contribution < 1.29 is 20.1 Å². The van der Waals surface area contributed by atoms with Gasteiger partial charge in [0, 0.05) is 0 Å². The zero-order valence-corrected chi connectivity index (χ0v) is 33.4. The molecule has 5 heteroatoms. The highest BCUT2D eigenvalue weighted by Crippen LogP contribution is 2.17. The van der Waals surface area contributed by atoms with Crippen LogP contribution < -0.4 is 5.32 Å². The first-order chi connectivity index (χ1) is 24.1. The van der Waals surface area contributed by atoms with Crippen LogP contribution in [0.3, 0.4) is 0 Å². The van der Waals surface area contributed by atoms with E-state index in [1.54, 1.807) is 0 Å². The van der Waals surface area contributed by atoms with E-state index in [-0.39, 0.29) is 6.61 Å². The normalized spacial score (nSPS) is 13.5. The number of hydrogen-bond donors (Lipinski definition) is 4. The van der Waals surface area contributed by atoms with Crippen molar-refractivity contribution in [2.75, 3.05) is 6.61 Å². The van der Waals surface area contributed by atoms with Gasteiger partial charge in [0.05, 0.1) is 18.8 Å². The van der Waals surface area contributed by atoms with E-state index in [1.807, 2.05) is 0 Å². The highest BCUT2D eigenvalue weighted by atomic mass is 16.3. The third kappa shape index (κ3) is 35.5. The minimum Gasteiger partial charge on any atom is -0.394 e. The van der Waals surface area contributed by atoms with Crippen LogP contribution in [0.25, 0.3) is 0 Å². The Bertz CT molecular complexity index is 644. The lowest BCUT2D eigenvalue weighted by Gasteiger charge is -2.23. The third-order valence-electron chi connectivity index (χ3n) is 10.7. The predicted molar refractivity (Wildman–Crippen MR) is 213 cm³/mol. The van der Waals surface area contributed by atoms with Crippen LogP contribution in [-0.4, -0.2) is 46.1 Å².